The third-order valence-electron chi connectivity index (χ3n) is 2.05. The molecule has 17 heavy (non-hydrogen) atoms. The van der Waals surface area contributed by atoms with E-state index in [2.05, 4.69) is 26.8 Å². The van der Waals surface area contributed by atoms with Crippen LogP contribution < -0.4 is 16.6 Å². The van der Waals surface area contributed by atoms with E-state index in [4.69, 9.17) is 11.1 Å². The number of anilines is 3. The Morgan fingerprint density at radius 2 is 2.18 bits per heavy atom. The molecule has 0 bridgehead atoms. The molecule has 0 amide bonds. The van der Waals surface area contributed by atoms with Crippen molar-refractivity contribution in [3.8, 4) is 6.07 Å². The number of aromatic nitrogens is 2. The summed E-state index contributed by atoms with van der Waals surface area (Å²) in [5.74, 6) is 6.14. The maximum absolute atomic E-state index is 8.78. The quantitative estimate of drug-likeness (QED) is 0.540. The van der Waals surface area contributed by atoms with Gasteiger partial charge in [-0.25, -0.2) is 10.8 Å². The Morgan fingerprint density at radius 1 is 1.29 bits per heavy atom. The average molecular weight is 226 g/mol. The van der Waals surface area contributed by atoms with Gasteiger partial charge >= 0.3 is 0 Å². The van der Waals surface area contributed by atoms with Crippen molar-refractivity contribution < 1.29 is 0 Å². The van der Waals surface area contributed by atoms with E-state index in [-0.39, 0.29) is 0 Å². The second kappa shape index (κ2) is 4.92. The summed E-state index contributed by atoms with van der Waals surface area (Å²) in [7, 11) is 0. The highest BCUT2D eigenvalue weighted by Crippen LogP contribution is 2.15. The van der Waals surface area contributed by atoms with Gasteiger partial charge in [0.1, 0.15) is 5.82 Å². The van der Waals surface area contributed by atoms with E-state index in [1.807, 2.05) is 6.07 Å². The molecule has 0 unspecified atom stereocenters. The number of rotatable bonds is 3. The summed E-state index contributed by atoms with van der Waals surface area (Å²) in [6.07, 6.45) is 1.58. The summed E-state index contributed by atoms with van der Waals surface area (Å²) in [5.41, 5.74) is 3.73. The molecule has 0 spiro atoms. The van der Waals surface area contributed by atoms with Gasteiger partial charge in [0.2, 0.25) is 5.95 Å². The normalized spacial score (nSPS) is 9.41. The van der Waals surface area contributed by atoms with Gasteiger partial charge in [0, 0.05) is 11.9 Å². The molecular formula is C11H10N6. The van der Waals surface area contributed by atoms with E-state index in [1.54, 1.807) is 30.5 Å². The Kier molecular flexibility index (Phi) is 3.14. The predicted molar refractivity (Wildman–Crippen MR) is 64.3 cm³/mol. The Hall–Kier alpha value is -2.65. The monoisotopic (exact) mass is 226 g/mol. The van der Waals surface area contributed by atoms with Crippen LogP contribution >= 0.6 is 0 Å². The standard InChI is InChI=1S/C11H10N6/c12-7-8-2-1-3-9(6-8)15-10-4-5-14-11(16-10)17-13/h1-6H,13H2,(H2,14,15,16,17). The third-order valence-corrected chi connectivity index (χ3v) is 2.05. The maximum atomic E-state index is 8.78. The summed E-state index contributed by atoms with van der Waals surface area (Å²) >= 11 is 0. The van der Waals surface area contributed by atoms with Crippen molar-refractivity contribution in [1.29, 1.82) is 5.26 Å². The fourth-order valence-corrected chi connectivity index (χ4v) is 1.31. The topological polar surface area (TPSA) is 99.7 Å². The van der Waals surface area contributed by atoms with Crippen molar-refractivity contribution >= 4 is 17.5 Å². The number of nitrogen functional groups attached to an aromatic ring is 1. The molecule has 1 aromatic carbocycles. The van der Waals surface area contributed by atoms with Gasteiger partial charge in [-0.3, -0.25) is 5.43 Å². The van der Waals surface area contributed by atoms with E-state index in [0.29, 0.717) is 17.3 Å². The third kappa shape index (κ3) is 2.68. The first kappa shape index (κ1) is 10.9. The highest BCUT2D eigenvalue weighted by molar-refractivity contribution is 5.58. The highest BCUT2D eigenvalue weighted by Gasteiger charge is 1.99. The van der Waals surface area contributed by atoms with Crippen LogP contribution in [0, 0.1) is 11.3 Å². The number of nitrogens with zero attached hydrogens (tertiary/aromatic N) is 3. The zero-order chi connectivity index (χ0) is 12.1. The predicted octanol–water partition coefficient (Wildman–Crippen LogP) is 1.38. The molecule has 6 heteroatoms. The van der Waals surface area contributed by atoms with E-state index >= 15 is 0 Å². The Morgan fingerprint density at radius 3 is 2.94 bits per heavy atom. The Labute approximate surface area is 98.1 Å². The molecule has 6 nitrogen and oxygen atoms in total. The second-order valence-corrected chi connectivity index (χ2v) is 3.23. The molecule has 1 heterocycles. The van der Waals surface area contributed by atoms with Crippen molar-refractivity contribution in [2.24, 2.45) is 5.84 Å². The highest BCUT2D eigenvalue weighted by atomic mass is 15.3. The van der Waals surface area contributed by atoms with Crippen LogP contribution in [0.3, 0.4) is 0 Å². The molecule has 84 valence electrons. The number of hydrazine groups is 1. The Balaban J connectivity index is 2.22. The van der Waals surface area contributed by atoms with E-state index < -0.39 is 0 Å². The second-order valence-electron chi connectivity index (χ2n) is 3.23. The summed E-state index contributed by atoms with van der Waals surface area (Å²) in [6, 6.07) is 10.9. The lowest BCUT2D eigenvalue weighted by molar-refractivity contribution is 1.12. The van der Waals surface area contributed by atoms with Crippen LogP contribution in [-0.4, -0.2) is 9.97 Å². The number of hydrogen-bond acceptors (Lipinski definition) is 6. The number of benzene rings is 1. The molecule has 0 fully saturated rings. The molecule has 2 aromatic rings. The number of nitrogens with one attached hydrogen (secondary N) is 2. The zero-order valence-corrected chi connectivity index (χ0v) is 8.88. The van der Waals surface area contributed by atoms with Gasteiger partial charge in [-0.2, -0.15) is 10.2 Å². The van der Waals surface area contributed by atoms with Gasteiger partial charge in [0.25, 0.3) is 0 Å². The van der Waals surface area contributed by atoms with Crippen molar-refractivity contribution in [2.75, 3.05) is 10.7 Å². The molecule has 0 saturated carbocycles. The maximum Gasteiger partial charge on any atom is 0.239 e. The minimum absolute atomic E-state index is 0.325. The van der Waals surface area contributed by atoms with E-state index in [9.17, 15) is 0 Å². The summed E-state index contributed by atoms with van der Waals surface area (Å²) < 4.78 is 0. The Bertz CT molecular complexity index is 560. The summed E-state index contributed by atoms with van der Waals surface area (Å²) in [6.45, 7) is 0. The summed E-state index contributed by atoms with van der Waals surface area (Å²) in [5, 5.41) is 11.8. The van der Waals surface area contributed by atoms with Crippen molar-refractivity contribution in [3.63, 3.8) is 0 Å². The fourth-order valence-electron chi connectivity index (χ4n) is 1.31. The van der Waals surface area contributed by atoms with Crippen LogP contribution in [0.5, 0.6) is 0 Å². The van der Waals surface area contributed by atoms with Crippen molar-refractivity contribution in [2.45, 2.75) is 0 Å². The molecule has 1 aromatic heterocycles. The molecule has 0 saturated heterocycles. The minimum atomic E-state index is 0.325. The van der Waals surface area contributed by atoms with Crippen LogP contribution in [0.15, 0.2) is 36.5 Å². The molecule has 4 N–H and O–H groups in total. The van der Waals surface area contributed by atoms with Crippen molar-refractivity contribution in [3.05, 3.63) is 42.1 Å². The SMILES string of the molecule is N#Cc1cccc(Nc2ccnc(NN)n2)c1. The van der Waals surface area contributed by atoms with Gasteiger partial charge in [-0.05, 0) is 24.3 Å². The fraction of sp³-hybridized carbons (Fsp3) is 0. The lowest BCUT2D eigenvalue weighted by Gasteiger charge is -2.06. The molecule has 0 aliphatic heterocycles. The molecule has 0 radical (unpaired) electrons. The van der Waals surface area contributed by atoms with Crippen LogP contribution in [-0.2, 0) is 0 Å². The minimum Gasteiger partial charge on any atom is -0.340 e. The first-order chi connectivity index (χ1) is 8.31. The first-order valence-electron chi connectivity index (χ1n) is 4.88. The van der Waals surface area contributed by atoms with Gasteiger partial charge in [0.15, 0.2) is 0 Å². The number of nitriles is 1. The smallest absolute Gasteiger partial charge is 0.239 e. The lowest BCUT2D eigenvalue weighted by atomic mass is 10.2. The molecule has 0 aliphatic carbocycles. The van der Waals surface area contributed by atoms with Crippen LogP contribution in [0.2, 0.25) is 0 Å². The van der Waals surface area contributed by atoms with E-state index in [1.165, 1.54) is 0 Å². The molecular weight excluding hydrogens is 216 g/mol. The van der Waals surface area contributed by atoms with Crippen LogP contribution in [0.25, 0.3) is 0 Å². The molecule has 2 rings (SSSR count). The lowest BCUT2D eigenvalue weighted by Crippen LogP contribution is -2.10. The van der Waals surface area contributed by atoms with Crippen LogP contribution in [0.1, 0.15) is 5.56 Å². The first-order valence-corrected chi connectivity index (χ1v) is 4.88. The van der Waals surface area contributed by atoms with Gasteiger partial charge < -0.3 is 5.32 Å². The van der Waals surface area contributed by atoms with Gasteiger partial charge in [-0.1, -0.05) is 6.07 Å². The van der Waals surface area contributed by atoms with Gasteiger partial charge in [-0.15, -0.1) is 0 Å². The van der Waals surface area contributed by atoms with Crippen molar-refractivity contribution in [1.82, 2.24) is 9.97 Å². The van der Waals surface area contributed by atoms with Crippen LogP contribution in [0.4, 0.5) is 17.5 Å². The molecule has 0 atom stereocenters. The number of hydrogen-bond donors (Lipinski definition) is 3. The van der Waals surface area contributed by atoms with E-state index in [0.717, 1.165) is 5.69 Å². The average Bonchev–Trinajstić information content (AvgIpc) is 2.39. The zero-order valence-electron chi connectivity index (χ0n) is 8.88. The molecule has 0 aliphatic rings. The van der Waals surface area contributed by atoms with Gasteiger partial charge in [0.05, 0.1) is 11.6 Å². The summed E-state index contributed by atoms with van der Waals surface area (Å²) in [4.78, 5) is 7.99. The largest absolute Gasteiger partial charge is 0.340 e. The number of nitrogens with two attached hydrogens (primary N) is 1.